The molecule has 0 aromatic carbocycles. The Hall–Kier alpha value is -1.19. The Morgan fingerprint density at radius 3 is 2.86 bits per heavy atom. The van der Waals surface area contributed by atoms with Crippen LogP contribution >= 0.6 is 0 Å². The molecular formula is C3H4N4. The molecule has 1 aliphatic rings. The van der Waals surface area contributed by atoms with Crippen molar-refractivity contribution in [3.63, 3.8) is 0 Å². The summed E-state index contributed by atoms with van der Waals surface area (Å²) >= 11 is 0. The van der Waals surface area contributed by atoms with Crippen LogP contribution in [0.4, 0.5) is 0 Å². The fraction of sp³-hybridized carbons (Fsp3) is 0. The smallest absolute Gasteiger partial charge is 0.123 e. The van der Waals surface area contributed by atoms with Gasteiger partial charge in [0.2, 0.25) is 0 Å². The van der Waals surface area contributed by atoms with Crippen LogP contribution in [-0.2, 0) is 0 Å². The van der Waals surface area contributed by atoms with E-state index in [-0.39, 0.29) is 0 Å². The molecule has 0 radical (unpaired) electrons. The minimum atomic E-state index is 0.611. The molecule has 0 aromatic rings. The van der Waals surface area contributed by atoms with E-state index in [1.165, 1.54) is 12.4 Å². The normalized spacial score (nSPS) is 22.0. The minimum absolute atomic E-state index is 0.611. The van der Waals surface area contributed by atoms with Gasteiger partial charge in [0, 0.05) is 6.20 Å². The van der Waals surface area contributed by atoms with Crippen molar-refractivity contribution in [3.05, 3.63) is 11.9 Å². The zero-order chi connectivity index (χ0) is 5.11. The lowest BCUT2D eigenvalue weighted by molar-refractivity contribution is 1.09. The van der Waals surface area contributed by atoms with Crippen molar-refractivity contribution in [1.82, 2.24) is 0 Å². The Labute approximate surface area is 40.4 Å². The molecule has 7 heavy (non-hydrogen) atoms. The van der Waals surface area contributed by atoms with Crippen molar-refractivity contribution in [3.8, 4) is 0 Å². The van der Waals surface area contributed by atoms with E-state index in [0.717, 1.165) is 0 Å². The van der Waals surface area contributed by atoms with Gasteiger partial charge in [0.25, 0.3) is 0 Å². The molecule has 0 atom stereocenters. The molecule has 1 heterocycles. The van der Waals surface area contributed by atoms with Gasteiger partial charge in [0.05, 0.1) is 6.21 Å². The second-order valence-electron chi connectivity index (χ2n) is 1.03. The highest BCUT2D eigenvalue weighted by Gasteiger charge is 1.90. The Kier molecular flexibility index (Phi) is 0.856. The van der Waals surface area contributed by atoms with Crippen molar-refractivity contribution in [2.75, 3.05) is 0 Å². The average molecular weight is 96.1 g/mol. The molecule has 36 valence electrons. The highest BCUT2D eigenvalue weighted by atomic mass is 15.4. The lowest BCUT2D eigenvalue weighted by atomic mass is 10.5. The van der Waals surface area contributed by atoms with Gasteiger partial charge in [-0.2, -0.15) is 0 Å². The minimum Gasteiger partial charge on any atom is -0.403 e. The average Bonchev–Trinajstić information content (AvgIpc) is 2.14. The summed E-state index contributed by atoms with van der Waals surface area (Å²) in [5, 5.41) is 10.2. The molecular weight excluding hydrogens is 92.1 g/mol. The Morgan fingerprint density at radius 2 is 2.57 bits per heavy atom. The summed E-state index contributed by atoms with van der Waals surface area (Å²) in [6.07, 6.45) is 2.83. The van der Waals surface area contributed by atoms with Gasteiger partial charge < -0.3 is 5.73 Å². The lowest BCUT2D eigenvalue weighted by Gasteiger charge is -1.72. The summed E-state index contributed by atoms with van der Waals surface area (Å²) < 4.78 is 0. The van der Waals surface area contributed by atoms with Gasteiger partial charge in [-0.05, 0) is 5.22 Å². The first kappa shape index (κ1) is 3.98. The van der Waals surface area contributed by atoms with Gasteiger partial charge in [-0.15, -0.1) is 10.2 Å². The van der Waals surface area contributed by atoms with Crippen molar-refractivity contribution < 1.29 is 0 Å². The van der Waals surface area contributed by atoms with Crippen molar-refractivity contribution >= 4 is 6.21 Å². The van der Waals surface area contributed by atoms with E-state index in [2.05, 4.69) is 15.4 Å². The van der Waals surface area contributed by atoms with E-state index in [0.29, 0.717) is 5.70 Å². The van der Waals surface area contributed by atoms with Crippen molar-refractivity contribution in [1.29, 1.82) is 0 Å². The van der Waals surface area contributed by atoms with Gasteiger partial charge in [-0.1, -0.05) is 0 Å². The first-order chi connectivity index (χ1) is 3.43. The van der Waals surface area contributed by atoms with E-state index < -0.39 is 0 Å². The van der Waals surface area contributed by atoms with Crippen molar-refractivity contribution in [2.24, 2.45) is 21.2 Å². The molecule has 1 rings (SSSR count). The monoisotopic (exact) mass is 96.0 g/mol. The van der Waals surface area contributed by atoms with Gasteiger partial charge in [-0.25, -0.2) is 0 Å². The molecule has 2 N–H and O–H groups in total. The van der Waals surface area contributed by atoms with Crippen LogP contribution in [-0.4, -0.2) is 6.21 Å². The van der Waals surface area contributed by atoms with Gasteiger partial charge in [0.15, 0.2) is 0 Å². The third-order valence-corrected chi connectivity index (χ3v) is 0.573. The van der Waals surface area contributed by atoms with Crippen LogP contribution in [0.15, 0.2) is 27.3 Å². The van der Waals surface area contributed by atoms with Crippen molar-refractivity contribution in [2.45, 2.75) is 0 Å². The maximum absolute atomic E-state index is 5.03. The number of rotatable bonds is 0. The molecule has 0 saturated heterocycles. The number of hydrogen-bond acceptors (Lipinski definition) is 4. The van der Waals surface area contributed by atoms with E-state index in [1.807, 2.05) is 0 Å². The van der Waals surface area contributed by atoms with Crippen LogP contribution < -0.4 is 5.73 Å². The van der Waals surface area contributed by atoms with Gasteiger partial charge >= 0.3 is 0 Å². The number of nitrogens with zero attached hydrogens (tertiary/aromatic N) is 3. The van der Waals surface area contributed by atoms with E-state index in [1.54, 1.807) is 0 Å². The van der Waals surface area contributed by atoms with Crippen LogP contribution in [0.2, 0.25) is 0 Å². The zero-order valence-electron chi connectivity index (χ0n) is 3.57. The standard InChI is InChI=1S/C3H4N4/c4-1-3-2-5-7-6-3/h1-2H,4H2. The molecule has 0 saturated carbocycles. The fourth-order valence-corrected chi connectivity index (χ4v) is 0.265. The second-order valence-corrected chi connectivity index (χ2v) is 1.03. The Balaban J connectivity index is 2.79. The summed E-state index contributed by atoms with van der Waals surface area (Å²) in [5.74, 6) is 0. The largest absolute Gasteiger partial charge is 0.403 e. The van der Waals surface area contributed by atoms with Crippen LogP contribution in [0, 0.1) is 0 Å². The quantitative estimate of drug-likeness (QED) is 0.461. The van der Waals surface area contributed by atoms with Crippen LogP contribution in [0.3, 0.4) is 0 Å². The highest BCUT2D eigenvalue weighted by molar-refractivity contribution is 5.78. The maximum Gasteiger partial charge on any atom is 0.123 e. The Morgan fingerprint density at radius 1 is 1.71 bits per heavy atom. The summed E-state index contributed by atoms with van der Waals surface area (Å²) in [7, 11) is 0. The maximum atomic E-state index is 5.03. The molecule has 0 amide bonds. The molecule has 0 fully saturated rings. The van der Waals surface area contributed by atoms with Gasteiger partial charge in [-0.3, -0.25) is 0 Å². The second kappa shape index (κ2) is 1.51. The summed E-state index contributed by atoms with van der Waals surface area (Å²) in [6, 6.07) is 0. The number of hydrogen-bond donors (Lipinski definition) is 1. The van der Waals surface area contributed by atoms with Crippen LogP contribution in [0.5, 0.6) is 0 Å². The number of allylic oxidation sites excluding steroid dienone is 1. The summed E-state index contributed by atoms with van der Waals surface area (Å²) in [4.78, 5) is 0. The summed E-state index contributed by atoms with van der Waals surface area (Å²) in [5.41, 5.74) is 5.64. The molecule has 0 unspecified atom stereocenters. The summed E-state index contributed by atoms with van der Waals surface area (Å²) in [6.45, 7) is 0. The van der Waals surface area contributed by atoms with Gasteiger partial charge in [0.1, 0.15) is 5.70 Å². The molecule has 1 aliphatic heterocycles. The van der Waals surface area contributed by atoms with E-state index >= 15 is 0 Å². The first-order valence-corrected chi connectivity index (χ1v) is 1.79. The molecule has 4 heteroatoms. The van der Waals surface area contributed by atoms with Crippen LogP contribution in [0.25, 0.3) is 0 Å². The van der Waals surface area contributed by atoms with E-state index in [4.69, 9.17) is 5.73 Å². The molecule has 0 spiro atoms. The third-order valence-electron chi connectivity index (χ3n) is 0.573. The zero-order valence-corrected chi connectivity index (χ0v) is 3.57. The molecule has 0 bridgehead atoms. The SMILES string of the molecule is NC=C1C=NN=N1. The first-order valence-electron chi connectivity index (χ1n) is 1.79. The van der Waals surface area contributed by atoms with E-state index in [9.17, 15) is 0 Å². The molecule has 0 aromatic heterocycles. The van der Waals surface area contributed by atoms with Crippen LogP contribution in [0.1, 0.15) is 0 Å². The predicted octanol–water partition coefficient (Wildman–Crippen LogP) is 0.238. The topological polar surface area (TPSA) is 63.1 Å². The third kappa shape index (κ3) is 0.623. The highest BCUT2D eigenvalue weighted by Crippen LogP contribution is 1.97. The number of nitrogens with two attached hydrogens (primary N) is 1. The lowest BCUT2D eigenvalue weighted by Crippen LogP contribution is -1.82. The molecule has 4 nitrogen and oxygen atoms in total. The Bertz CT molecular complexity index is 129. The predicted molar refractivity (Wildman–Crippen MR) is 25.6 cm³/mol. The fourth-order valence-electron chi connectivity index (χ4n) is 0.265. The molecule has 0 aliphatic carbocycles.